The van der Waals surface area contributed by atoms with Gasteiger partial charge in [-0.05, 0) is 87.0 Å². The topological polar surface area (TPSA) is 193 Å². The molecule has 2 aromatic heterocycles. The second-order valence-corrected chi connectivity index (χ2v) is 16.7. The maximum atomic E-state index is 15.0. The first-order valence-corrected chi connectivity index (χ1v) is 22.5. The number of nitrogens with one attached hydrogen (secondary N) is 3. The molecule has 0 saturated heterocycles. The van der Waals surface area contributed by atoms with Crippen LogP contribution in [0.15, 0.2) is 38.6 Å². The van der Waals surface area contributed by atoms with Gasteiger partial charge >= 0.3 is 17.9 Å². The molecule has 6 heterocycles. The Morgan fingerprint density at radius 3 is 2.32 bits per heavy atom. The quantitative estimate of drug-likeness (QED) is 0.0985. The van der Waals surface area contributed by atoms with Gasteiger partial charge < -0.3 is 29.6 Å². The van der Waals surface area contributed by atoms with E-state index in [1.165, 1.54) is 14.2 Å². The smallest absolute Gasteiger partial charge is 0.328 e. The molecule has 4 aliphatic heterocycles. The summed E-state index contributed by atoms with van der Waals surface area (Å²) in [5, 5.41) is 6.75. The lowest BCUT2D eigenvalue weighted by Crippen LogP contribution is -2.44. The number of aliphatic imine (C=N–C) groups is 2. The molecule has 16 heteroatoms. The molecule has 0 aromatic carbocycles. The summed E-state index contributed by atoms with van der Waals surface area (Å²) in [6.45, 7) is 12.7. The Hall–Kier alpha value is -6.29. The van der Waals surface area contributed by atoms with E-state index < -0.39 is 36.2 Å². The number of esters is 3. The van der Waals surface area contributed by atoms with Crippen molar-refractivity contribution in [1.82, 2.24) is 20.0 Å². The number of fused-ring (bicyclic) bond motifs is 2. The highest BCUT2D eigenvalue weighted by Crippen LogP contribution is 2.40. The van der Waals surface area contributed by atoms with Crippen LogP contribution in [-0.4, -0.2) is 98.1 Å². The molecule has 3 N–H and O–H groups in total. The van der Waals surface area contributed by atoms with Crippen molar-refractivity contribution in [2.24, 2.45) is 21.8 Å². The van der Waals surface area contributed by atoms with E-state index in [2.05, 4.69) is 79.8 Å². The van der Waals surface area contributed by atoms with Crippen LogP contribution in [0, 0.1) is 25.7 Å². The largest absolute Gasteiger partial charge is 0.469 e. The van der Waals surface area contributed by atoms with Gasteiger partial charge in [-0.15, -0.1) is 0 Å². The molecule has 6 rings (SSSR count). The molecule has 3 atom stereocenters. The fraction of sp³-hybridized carbons (Fsp3) is 0.490. The van der Waals surface area contributed by atoms with E-state index in [0.29, 0.717) is 41.3 Å². The molecular formula is C49H63N7O9. The van der Waals surface area contributed by atoms with E-state index in [0.717, 1.165) is 94.8 Å². The standard InChI is InChI=1S/C49H63N7O9/c1-11-13-14-15-16-32-29(5)39-23-36-28(4)33(17-18-43(58)63-8)46(53-36)34(20-22-62-7)47-45(48(60)50-21-19-42(57)52-38(49(61)65-10)26-44(59)64-9)30(6)40-25-37-31(12-2)27(3)35(51-37)24-41(32)55(39)54-56(40)47/h15-16,23-25,28,33,38,54H,11-14,17-22,26H2,1-10H3,(H,50,60)(H,52,57)/b16-15+,35-24-,36-23-,37-25?,39-23?,40-25-,41-24?,46-34?,47-34-/t28-,33-,38?/m0/s1. The molecule has 0 fully saturated rings. The Morgan fingerprint density at radius 2 is 1.65 bits per heavy atom. The maximum absolute atomic E-state index is 15.0. The van der Waals surface area contributed by atoms with E-state index in [-0.39, 0.29) is 37.2 Å². The van der Waals surface area contributed by atoms with Crippen molar-refractivity contribution in [2.45, 2.75) is 105 Å². The van der Waals surface area contributed by atoms with Crippen LogP contribution in [0.3, 0.4) is 0 Å². The third-order valence-electron chi connectivity index (χ3n) is 12.8. The van der Waals surface area contributed by atoms with Gasteiger partial charge in [0.25, 0.3) is 5.91 Å². The summed E-state index contributed by atoms with van der Waals surface area (Å²) < 4.78 is 24.3. The summed E-state index contributed by atoms with van der Waals surface area (Å²) in [5.74, 6) is -3.20. The summed E-state index contributed by atoms with van der Waals surface area (Å²) in [4.78, 5) is 76.0. The van der Waals surface area contributed by atoms with Crippen LogP contribution >= 0.6 is 0 Å². The third-order valence-corrected chi connectivity index (χ3v) is 12.8. The average molecular weight is 894 g/mol. The number of rotatable bonds is 19. The molecule has 2 aromatic rings. The number of ether oxygens (including phenoxy) is 4. The summed E-state index contributed by atoms with van der Waals surface area (Å²) in [5.41, 5.74) is 14.8. The number of unbranched alkanes of at least 4 members (excludes halogenated alkanes) is 2. The van der Waals surface area contributed by atoms with Crippen LogP contribution in [0.4, 0.5) is 0 Å². The SMILES string of the molecule is CCCC/C=C/c1c(C)c2n3c1/C=C1N=C(/C=c4/c(C)c(C(=O)NCCC(=O)NC(CC(=O)OC)C(=O)OC)/c(n4N3)=C(\CCOC)C3=N/C(=C\2)[C@@H](C)[C@@H]3CCC(=O)OC)C(CC)=C\1C. The van der Waals surface area contributed by atoms with Crippen LogP contribution in [-0.2, 0) is 38.1 Å². The van der Waals surface area contributed by atoms with Gasteiger partial charge in [0.1, 0.15) is 6.04 Å². The first-order valence-electron chi connectivity index (χ1n) is 22.5. The Morgan fingerprint density at radius 1 is 0.892 bits per heavy atom. The minimum Gasteiger partial charge on any atom is -0.469 e. The second kappa shape index (κ2) is 21.1. The number of carbonyl (C=O) groups is 5. The van der Waals surface area contributed by atoms with Gasteiger partial charge in [0.15, 0.2) is 0 Å². The molecule has 0 spiro atoms. The average Bonchev–Trinajstić information content (AvgIpc) is 3.94. The highest BCUT2D eigenvalue weighted by Gasteiger charge is 2.38. The summed E-state index contributed by atoms with van der Waals surface area (Å²) >= 11 is 0. The van der Waals surface area contributed by atoms with Crippen LogP contribution in [0.5, 0.6) is 0 Å². The highest BCUT2D eigenvalue weighted by molar-refractivity contribution is 6.24. The van der Waals surface area contributed by atoms with Gasteiger partial charge in [0.05, 0.1) is 73.4 Å². The zero-order valence-electron chi connectivity index (χ0n) is 39.4. The molecule has 0 aliphatic carbocycles. The van der Waals surface area contributed by atoms with E-state index in [1.54, 1.807) is 7.11 Å². The molecular weight excluding hydrogens is 831 g/mol. The van der Waals surface area contributed by atoms with Crippen LogP contribution in [0.1, 0.15) is 124 Å². The minimum absolute atomic E-state index is 0.103. The lowest BCUT2D eigenvalue weighted by atomic mass is 9.83. The highest BCUT2D eigenvalue weighted by atomic mass is 16.5. The molecule has 16 nitrogen and oxygen atoms in total. The molecule has 65 heavy (non-hydrogen) atoms. The number of carbonyl (C=O) groups excluding carboxylic acids is 5. The van der Waals surface area contributed by atoms with Crippen molar-refractivity contribution in [1.29, 1.82) is 0 Å². The number of methoxy groups -OCH3 is 4. The molecule has 0 saturated carbocycles. The molecule has 1 unspecified atom stereocenters. The predicted octanol–water partition coefficient (Wildman–Crippen LogP) is 4.98. The Bertz CT molecular complexity index is 2580. The van der Waals surface area contributed by atoms with Crippen LogP contribution < -0.4 is 26.9 Å². The fourth-order valence-corrected chi connectivity index (χ4v) is 9.07. The number of allylic oxidation sites excluding steroid dienone is 4. The first kappa shape index (κ1) is 48.2. The Balaban J connectivity index is 1.62. The third kappa shape index (κ3) is 9.87. The first-order chi connectivity index (χ1) is 31.2. The Labute approximate surface area is 380 Å². The van der Waals surface area contributed by atoms with Gasteiger partial charge in [-0.2, -0.15) is 0 Å². The maximum Gasteiger partial charge on any atom is 0.328 e. The van der Waals surface area contributed by atoms with Gasteiger partial charge in [0, 0.05) is 60.9 Å². The van der Waals surface area contributed by atoms with Gasteiger partial charge in [0.2, 0.25) is 5.91 Å². The Kier molecular flexibility index (Phi) is 15.7. The number of amides is 2. The normalized spacial score (nSPS) is 20.6. The van der Waals surface area contributed by atoms with Gasteiger partial charge in [-0.3, -0.25) is 24.2 Å². The van der Waals surface area contributed by atoms with Crippen LogP contribution in [0.25, 0.3) is 29.9 Å². The van der Waals surface area contributed by atoms with E-state index in [1.807, 2.05) is 17.7 Å². The summed E-state index contributed by atoms with van der Waals surface area (Å²) in [6.07, 6.45) is 14.9. The van der Waals surface area contributed by atoms with Crippen molar-refractivity contribution in [3.8, 4) is 0 Å². The number of hydrogen-bond donors (Lipinski definition) is 3. The second-order valence-electron chi connectivity index (χ2n) is 16.7. The van der Waals surface area contributed by atoms with E-state index in [9.17, 15) is 24.0 Å². The summed E-state index contributed by atoms with van der Waals surface area (Å²) in [7, 11) is 5.35. The number of nitrogens with zero attached hydrogens (tertiary/aromatic N) is 4. The van der Waals surface area contributed by atoms with Crippen molar-refractivity contribution in [2.75, 3.05) is 47.1 Å². The van der Waals surface area contributed by atoms with Crippen molar-refractivity contribution in [3.63, 3.8) is 0 Å². The van der Waals surface area contributed by atoms with Gasteiger partial charge in [-0.1, -0.05) is 45.8 Å². The lowest BCUT2D eigenvalue weighted by Gasteiger charge is -2.21. The fourth-order valence-electron chi connectivity index (χ4n) is 9.07. The molecule has 348 valence electrons. The van der Waals surface area contributed by atoms with Gasteiger partial charge in [-0.25, -0.2) is 24.7 Å². The monoisotopic (exact) mass is 893 g/mol. The zero-order valence-corrected chi connectivity index (χ0v) is 39.4. The molecule has 0 radical (unpaired) electrons. The zero-order chi connectivity index (χ0) is 47.1. The van der Waals surface area contributed by atoms with Crippen molar-refractivity contribution >= 4 is 71.0 Å². The molecule has 4 aliphatic rings. The van der Waals surface area contributed by atoms with E-state index in [4.69, 9.17) is 28.9 Å². The van der Waals surface area contributed by atoms with Crippen molar-refractivity contribution in [3.05, 3.63) is 73.0 Å². The lowest BCUT2D eigenvalue weighted by molar-refractivity contribution is -0.150. The molecule has 6 bridgehead atoms. The minimum atomic E-state index is -1.26. The molecule has 2 amide bonds. The van der Waals surface area contributed by atoms with Crippen LogP contribution in [0.2, 0.25) is 0 Å². The number of aromatic nitrogens is 2. The van der Waals surface area contributed by atoms with E-state index >= 15 is 0 Å². The predicted molar refractivity (Wildman–Crippen MR) is 251 cm³/mol. The number of hydrogen-bond acceptors (Lipinski definition) is 12. The summed E-state index contributed by atoms with van der Waals surface area (Å²) in [6, 6.07) is -1.26. The van der Waals surface area contributed by atoms with Crippen molar-refractivity contribution < 1.29 is 42.9 Å².